The van der Waals surface area contributed by atoms with Gasteiger partial charge in [-0.3, -0.25) is 9.97 Å². The maximum atomic E-state index is 11.1. The molecule has 4 atom stereocenters. The van der Waals surface area contributed by atoms with Gasteiger partial charge in [-0.2, -0.15) is 0 Å². The number of aliphatic hydroxyl groups is 2. The van der Waals surface area contributed by atoms with Crippen molar-refractivity contribution in [1.29, 1.82) is 0 Å². The standard InChI is InChI=1S/2C9H13BrN2O3S.CH4/c2*1-5-7(10)3-4-8(12-5)9(13)6(2)16(11,14)15;/h2*3-4,6,9,13H,1-2H3,(H2,11,14,15);1H4/t2*6-,9+;/m10./s1. The minimum Gasteiger partial charge on any atom is -0.385 e. The quantitative estimate of drug-likeness (QED) is 0.373. The van der Waals surface area contributed by atoms with Crippen LogP contribution in [0.25, 0.3) is 0 Å². The van der Waals surface area contributed by atoms with E-state index >= 15 is 0 Å². The molecule has 2 rings (SSSR count). The number of primary sulfonamides is 2. The molecule has 0 amide bonds. The van der Waals surface area contributed by atoms with Crippen LogP contribution in [0.5, 0.6) is 0 Å². The average molecular weight is 634 g/mol. The number of hydrogen-bond acceptors (Lipinski definition) is 8. The van der Waals surface area contributed by atoms with Crippen LogP contribution in [0.1, 0.15) is 56.3 Å². The number of hydrogen-bond donors (Lipinski definition) is 4. The Labute approximate surface area is 212 Å². The van der Waals surface area contributed by atoms with Crippen molar-refractivity contribution in [3.05, 3.63) is 56.0 Å². The minimum absolute atomic E-state index is 0. The molecule has 6 N–H and O–H groups in total. The van der Waals surface area contributed by atoms with Crippen molar-refractivity contribution in [2.45, 2.75) is 57.8 Å². The number of pyridine rings is 2. The summed E-state index contributed by atoms with van der Waals surface area (Å²) in [6, 6.07) is 6.53. The van der Waals surface area contributed by atoms with Gasteiger partial charge in [0.15, 0.2) is 0 Å². The lowest BCUT2D eigenvalue weighted by molar-refractivity contribution is 0.170. The second-order valence-electron chi connectivity index (χ2n) is 7.08. The van der Waals surface area contributed by atoms with Crippen LogP contribution in [0.3, 0.4) is 0 Å². The fraction of sp³-hybridized carbons (Fsp3) is 0.474. The van der Waals surface area contributed by atoms with E-state index in [2.05, 4.69) is 41.8 Å². The Bertz CT molecular complexity index is 1070. The van der Waals surface area contributed by atoms with E-state index in [-0.39, 0.29) is 7.43 Å². The number of halogens is 2. The Balaban J connectivity index is 0.000000602. The largest absolute Gasteiger partial charge is 0.385 e. The average Bonchev–Trinajstić information content (AvgIpc) is 2.69. The molecule has 0 fully saturated rings. The van der Waals surface area contributed by atoms with Gasteiger partial charge in [-0.15, -0.1) is 0 Å². The molecule has 0 aliphatic carbocycles. The molecule has 0 bridgehead atoms. The van der Waals surface area contributed by atoms with E-state index in [0.29, 0.717) is 22.8 Å². The first-order chi connectivity index (χ1) is 14.5. The third kappa shape index (κ3) is 9.28. The maximum absolute atomic E-state index is 11.1. The van der Waals surface area contributed by atoms with Gasteiger partial charge in [-0.05, 0) is 83.8 Å². The molecule has 14 heteroatoms. The van der Waals surface area contributed by atoms with E-state index in [1.54, 1.807) is 38.1 Å². The minimum atomic E-state index is -3.77. The lowest BCUT2D eigenvalue weighted by Gasteiger charge is -2.16. The first-order valence-electron chi connectivity index (χ1n) is 9.12. The van der Waals surface area contributed by atoms with Crippen molar-refractivity contribution in [3.63, 3.8) is 0 Å². The molecule has 0 saturated heterocycles. The van der Waals surface area contributed by atoms with Crippen LogP contribution >= 0.6 is 31.9 Å². The molecule has 0 radical (unpaired) electrons. The van der Waals surface area contributed by atoms with Crippen LogP contribution in [0, 0.1) is 13.8 Å². The van der Waals surface area contributed by atoms with E-state index in [1.165, 1.54) is 13.8 Å². The van der Waals surface area contributed by atoms with Gasteiger partial charge in [0, 0.05) is 8.95 Å². The number of aliphatic hydroxyl groups excluding tert-OH is 2. The SMILES string of the molecule is C.Cc1nc([C@@H](O)[C@@H](C)S(N)(=O)=O)ccc1Br.Cc1nc([C@H](O)[C@H](C)S(N)(=O)=O)ccc1Br. The molecule has 0 spiro atoms. The molecule has 0 aromatic carbocycles. The Kier molecular flexibility index (Phi) is 12.2. The maximum Gasteiger partial charge on any atom is 0.214 e. The molecule has 0 aliphatic rings. The smallest absolute Gasteiger partial charge is 0.214 e. The third-order valence-electron chi connectivity index (χ3n) is 4.62. The molecular weight excluding hydrogens is 604 g/mol. The van der Waals surface area contributed by atoms with Gasteiger partial charge in [-0.25, -0.2) is 27.1 Å². The van der Waals surface area contributed by atoms with Gasteiger partial charge in [0.1, 0.15) is 22.7 Å². The van der Waals surface area contributed by atoms with Crippen molar-refractivity contribution in [2.24, 2.45) is 10.3 Å². The predicted molar refractivity (Wildman–Crippen MR) is 135 cm³/mol. The van der Waals surface area contributed by atoms with Crippen LogP contribution in [0.2, 0.25) is 0 Å². The zero-order valence-corrected chi connectivity index (χ0v) is 22.6. The summed E-state index contributed by atoms with van der Waals surface area (Å²) >= 11 is 6.54. The molecule has 2 heterocycles. The van der Waals surface area contributed by atoms with E-state index < -0.39 is 42.8 Å². The Morgan fingerprint density at radius 2 is 1.03 bits per heavy atom. The van der Waals surface area contributed by atoms with Crippen molar-refractivity contribution in [1.82, 2.24) is 9.97 Å². The van der Waals surface area contributed by atoms with Crippen LogP contribution in [-0.2, 0) is 20.0 Å². The van der Waals surface area contributed by atoms with E-state index in [9.17, 15) is 27.0 Å². The summed E-state index contributed by atoms with van der Waals surface area (Å²) in [5, 5.41) is 27.4. The molecule has 0 unspecified atom stereocenters. The number of sulfonamides is 2. The van der Waals surface area contributed by atoms with Crippen LogP contribution in [0.4, 0.5) is 0 Å². The number of aromatic nitrogens is 2. The summed E-state index contributed by atoms with van der Waals surface area (Å²) in [6.07, 6.45) is -2.44. The van der Waals surface area contributed by atoms with Crippen molar-refractivity contribution < 1.29 is 27.0 Å². The molecular formula is C19H30Br2N4O6S2. The first kappa shape index (κ1) is 32.0. The summed E-state index contributed by atoms with van der Waals surface area (Å²) in [5.74, 6) is 0. The zero-order valence-electron chi connectivity index (χ0n) is 17.8. The number of nitrogens with zero attached hydrogens (tertiary/aromatic N) is 2. The molecule has 188 valence electrons. The summed E-state index contributed by atoms with van der Waals surface area (Å²) in [5.41, 5.74) is 1.95. The van der Waals surface area contributed by atoms with Crippen molar-refractivity contribution in [2.75, 3.05) is 0 Å². The van der Waals surface area contributed by atoms with Gasteiger partial charge in [0.25, 0.3) is 0 Å². The highest BCUT2D eigenvalue weighted by Gasteiger charge is 2.28. The lowest BCUT2D eigenvalue weighted by Crippen LogP contribution is -2.31. The van der Waals surface area contributed by atoms with Gasteiger partial charge in [0.05, 0.1) is 22.8 Å². The molecule has 0 aliphatic heterocycles. The van der Waals surface area contributed by atoms with Crippen molar-refractivity contribution in [3.8, 4) is 0 Å². The summed E-state index contributed by atoms with van der Waals surface area (Å²) < 4.78 is 45.9. The van der Waals surface area contributed by atoms with Gasteiger partial charge in [-0.1, -0.05) is 7.43 Å². The fourth-order valence-corrected chi connectivity index (χ4v) is 3.74. The van der Waals surface area contributed by atoms with Gasteiger partial charge < -0.3 is 10.2 Å². The first-order valence-corrected chi connectivity index (χ1v) is 13.9. The van der Waals surface area contributed by atoms with E-state index in [4.69, 9.17) is 10.3 Å². The molecule has 2 aromatic heterocycles. The fourth-order valence-electron chi connectivity index (χ4n) is 2.30. The predicted octanol–water partition coefficient (Wildman–Crippen LogP) is 2.36. The monoisotopic (exact) mass is 632 g/mol. The molecule has 10 nitrogen and oxygen atoms in total. The zero-order chi connectivity index (χ0) is 25.0. The van der Waals surface area contributed by atoms with Crippen molar-refractivity contribution >= 4 is 51.9 Å². The summed E-state index contributed by atoms with van der Waals surface area (Å²) in [7, 11) is -7.55. The lowest BCUT2D eigenvalue weighted by atomic mass is 10.1. The second-order valence-corrected chi connectivity index (χ2v) is 12.6. The topological polar surface area (TPSA) is 187 Å². The normalized spacial score (nSPS) is 15.3. The third-order valence-corrected chi connectivity index (χ3v) is 8.88. The van der Waals surface area contributed by atoms with Crippen LogP contribution < -0.4 is 10.3 Å². The van der Waals surface area contributed by atoms with E-state index in [1.807, 2.05) is 0 Å². The highest BCUT2D eigenvalue weighted by atomic mass is 79.9. The van der Waals surface area contributed by atoms with Crippen LogP contribution in [0.15, 0.2) is 33.2 Å². The highest BCUT2D eigenvalue weighted by molar-refractivity contribution is 9.10. The van der Waals surface area contributed by atoms with Gasteiger partial charge in [0.2, 0.25) is 20.0 Å². The molecule has 33 heavy (non-hydrogen) atoms. The Morgan fingerprint density at radius 1 is 0.758 bits per heavy atom. The second kappa shape index (κ2) is 12.6. The van der Waals surface area contributed by atoms with Gasteiger partial charge >= 0.3 is 0 Å². The van der Waals surface area contributed by atoms with E-state index in [0.717, 1.165) is 8.95 Å². The molecule has 0 saturated carbocycles. The number of rotatable bonds is 6. The number of aryl methyl sites for hydroxylation is 2. The Morgan fingerprint density at radius 3 is 1.24 bits per heavy atom. The number of nitrogens with two attached hydrogens (primary N) is 2. The molecule has 2 aromatic rings. The highest BCUT2D eigenvalue weighted by Crippen LogP contribution is 2.23. The Hall–Kier alpha value is -1.00. The summed E-state index contributed by atoms with van der Waals surface area (Å²) in [6.45, 7) is 6.20. The summed E-state index contributed by atoms with van der Waals surface area (Å²) in [4.78, 5) is 8.18. The van der Waals surface area contributed by atoms with Crippen LogP contribution in [-0.4, -0.2) is 47.5 Å².